The fourth-order valence-electron chi connectivity index (χ4n) is 2.32. The summed E-state index contributed by atoms with van der Waals surface area (Å²) >= 11 is 0. The molecule has 0 bridgehead atoms. The van der Waals surface area contributed by atoms with Gasteiger partial charge in [-0.05, 0) is 12.1 Å². The van der Waals surface area contributed by atoms with E-state index >= 15 is 0 Å². The molecule has 0 amide bonds. The molecule has 0 spiro atoms. The number of hydrogen-bond acceptors (Lipinski definition) is 9. The SMILES string of the molecule is CC(=O)Oc1ccccc1C(=O)O[C@@H]1[C@@H](N)[C@H](O)O[C@H](CO)[C@H]1O. The number of hydrogen-bond donors (Lipinski definition) is 4. The maximum absolute atomic E-state index is 12.3. The van der Waals surface area contributed by atoms with Gasteiger partial charge in [0, 0.05) is 6.92 Å². The molecular weight excluding hydrogens is 322 g/mol. The van der Waals surface area contributed by atoms with Crippen molar-refractivity contribution < 1.29 is 39.1 Å². The zero-order chi connectivity index (χ0) is 17.9. The van der Waals surface area contributed by atoms with Gasteiger partial charge >= 0.3 is 11.9 Å². The van der Waals surface area contributed by atoms with Crippen molar-refractivity contribution in [1.82, 2.24) is 0 Å². The summed E-state index contributed by atoms with van der Waals surface area (Å²) < 4.78 is 15.0. The standard InChI is InChI=1S/C15H19NO8/c1-7(18)22-9-5-3-2-4-8(9)14(20)24-13-11(16)15(21)23-10(6-17)12(13)19/h2-5,10-13,15,17,19,21H,6,16H2,1H3/t10-,11-,12-,13-,15-/m1/s1. The molecule has 5 N–H and O–H groups in total. The Morgan fingerprint density at radius 2 is 1.96 bits per heavy atom. The van der Waals surface area contributed by atoms with Crippen LogP contribution in [-0.2, 0) is 14.3 Å². The van der Waals surface area contributed by atoms with Gasteiger partial charge in [0.15, 0.2) is 12.4 Å². The lowest BCUT2D eigenvalue weighted by Crippen LogP contribution is -2.63. The van der Waals surface area contributed by atoms with Gasteiger partial charge in [-0.2, -0.15) is 0 Å². The molecular formula is C15H19NO8. The summed E-state index contributed by atoms with van der Waals surface area (Å²) in [6.45, 7) is 0.589. The van der Waals surface area contributed by atoms with Crippen LogP contribution in [-0.4, -0.2) is 64.5 Å². The molecule has 1 heterocycles. The van der Waals surface area contributed by atoms with Gasteiger partial charge in [0.05, 0.1) is 12.6 Å². The van der Waals surface area contributed by atoms with E-state index in [-0.39, 0.29) is 11.3 Å². The Morgan fingerprint density at radius 3 is 2.58 bits per heavy atom. The third-order valence-electron chi connectivity index (χ3n) is 3.52. The van der Waals surface area contributed by atoms with Crippen molar-refractivity contribution in [3.8, 4) is 5.75 Å². The highest BCUT2D eigenvalue weighted by molar-refractivity contribution is 5.93. The molecule has 9 nitrogen and oxygen atoms in total. The van der Waals surface area contributed by atoms with Crippen LogP contribution in [0.3, 0.4) is 0 Å². The van der Waals surface area contributed by atoms with Crippen molar-refractivity contribution in [2.75, 3.05) is 6.61 Å². The first-order valence-electron chi connectivity index (χ1n) is 7.21. The number of benzene rings is 1. The van der Waals surface area contributed by atoms with Gasteiger partial charge in [0.25, 0.3) is 0 Å². The summed E-state index contributed by atoms with van der Waals surface area (Å²) in [5, 5.41) is 28.9. The molecule has 0 aliphatic carbocycles. The van der Waals surface area contributed by atoms with Crippen molar-refractivity contribution in [3.05, 3.63) is 29.8 Å². The second-order valence-electron chi connectivity index (χ2n) is 5.28. The van der Waals surface area contributed by atoms with E-state index in [2.05, 4.69) is 0 Å². The normalized spacial score (nSPS) is 29.8. The first-order chi connectivity index (χ1) is 11.3. The lowest BCUT2D eigenvalue weighted by atomic mass is 9.97. The largest absolute Gasteiger partial charge is 0.454 e. The number of ether oxygens (including phenoxy) is 3. The second-order valence-corrected chi connectivity index (χ2v) is 5.28. The van der Waals surface area contributed by atoms with Crippen LogP contribution < -0.4 is 10.5 Å². The Bertz CT molecular complexity index is 607. The number of carbonyl (C=O) groups excluding carboxylic acids is 2. The molecule has 132 valence electrons. The van der Waals surface area contributed by atoms with Crippen LogP contribution in [0.4, 0.5) is 0 Å². The van der Waals surface area contributed by atoms with E-state index < -0.39 is 49.2 Å². The maximum Gasteiger partial charge on any atom is 0.342 e. The number of esters is 2. The maximum atomic E-state index is 12.3. The molecule has 2 rings (SSSR count). The fraction of sp³-hybridized carbons (Fsp3) is 0.467. The van der Waals surface area contributed by atoms with Crippen LogP contribution in [0.1, 0.15) is 17.3 Å². The summed E-state index contributed by atoms with van der Waals surface area (Å²) in [5.74, 6) is -1.53. The van der Waals surface area contributed by atoms with Crippen LogP contribution in [0.5, 0.6) is 5.75 Å². The molecule has 1 saturated heterocycles. The predicted octanol–water partition coefficient (Wildman–Crippen LogP) is -1.46. The van der Waals surface area contributed by atoms with Crippen molar-refractivity contribution in [3.63, 3.8) is 0 Å². The van der Waals surface area contributed by atoms with Gasteiger partial charge in [-0.1, -0.05) is 12.1 Å². The minimum absolute atomic E-state index is 0.00984. The second kappa shape index (κ2) is 7.69. The van der Waals surface area contributed by atoms with E-state index in [9.17, 15) is 19.8 Å². The van der Waals surface area contributed by atoms with Crippen molar-refractivity contribution in [1.29, 1.82) is 0 Å². The van der Waals surface area contributed by atoms with Crippen LogP contribution in [0.25, 0.3) is 0 Å². The minimum Gasteiger partial charge on any atom is -0.454 e. The topological polar surface area (TPSA) is 149 Å². The van der Waals surface area contributed by atoms with Crippen LogP contribution in [0.15, 0.2) is 24.3 Å². The molecule has 5 atom stereocenters. The highest BCUT2D eigenvalue weighted by Crippen LogP contribution is 2.25. The van der Waals surface area contributed by atoms with E-state index in [0.29, 0.717) is 0 Å². The monoisotopic (exact) mass is 341 g/mol. The first-order valence-corrected chi connectivity index (χ1v) is 7.21. The van der Waals surface area contributed by atoms with Crippen molar-refractivity contribution in [2.24, 2.45) is 5.73 Å². The number of nitrogens with two attached hydrogens (primary N) is 1. The van der Waals surface area contributed by atoms with Crippen LogP contribution in [0.2, 0.25) is 0 Å². The zero-order valence-corrected chi connectivity index (χ0v) is 12.9. The highest BCUT2D eigenvalue weighted by Gasteiger charge is 2.45. The van der Waals surface area contributed by atoms with Crippen LogP contribution >= 0.6 is 0 Å². The molecule has 9 heteroatoms. The quantitative estimate of drug-likeness (QED) is 0.380. The number of rotatable bonds is 4. The van der Waals surface area contributed by atoms with E-state index in [4.69, 9.17) is 25.1 Å². The minimum atomic E-state index is -1.52. The van der Waals surface area contributed by atoms with Gasteiger partial charge in [0.1, 0.15) is 23.5 Å². The number of para-hydroxylation sites is 1. The molecule has 0 unspecified atom stereocenters. The van der Waals surface area contributed by atoms with Gasteiger partial charge in [0.2, 0.25) is 0 Å². The Morgan fingerprint density at radius 1 is 1.29 bits per heavy atom. The fourth-order valence-corrected chi connectivity index (χ4v) is 2.32. The summed E-state index contributed by atoms with van der Waals surface area (Å²) in [6.07, 6.45) is -5.42. The molecule has 0 saturated carbocycles. The molecule has 1 aromatic carbocycles. The first kappa shape index (κ1) is 18.3. The van der Waals surface area contributed by atoms with Gasteiger partial charge in [-0.25, -0.2) is 4.79 Å². The zero-order valence-electron chi connectivity index (χ0n) is 12.9. The van der Waals surface area contributed by atoms with E-state index in [1.54, 1.807) is 6.07 Å². The number of aliphatic hydroxyl groups excluding tert-OH is 3. The summed E-state index contributed by atoms with van der Waals surface area (Å²) in [7, 11) is 0. The highest BCUT2D eigenvalue weighted by atomic mass is 16.6. The Hall–Kier alpha value is -2.04. The third kappa shape index (κ3) is 3.89. The van der Waals surface area contributed by atoms with Gasteiger partial charge in [-0.3, -0.25) is 4.79 Å². The third-order valence-corrected chi connectivity index (χ3v) is 3.52. The van der Waals surface area contributed by atoms with Gasteiger partial charge < -0.3 is 35.3 Å². The van der Waals surface area contributed by atoms with Crippen molar-refractivity contribution in [2.45, 2.75) is 37.6 Å². The molecule has 1 aliphatic rings. The lowest BCUT2D eigenvalue weighted by molar-refractivity contribution is -0.248. The number of aliphatic hydroxyl groups is 3. The van der Waals surface area contributed by atoms with Crippen molar-refractivity contribution >= 4 is 11.9 Å². The van der Waals surface area contributed by atoms with E-state index in [1.807, 2.05) is 0 Å². The smallest absolute Gasteiger partial charge is 0.342 e. The van der Waals surface area contributed by atoms with Gasteiger partial charge in [-0.15, -0.1) is 0 Å². The summed E-state index contributed by atoms with van der Waals surface area (Å²) in [4.78, 5) is 23.4. The van der Waals surface area contributed by atoms with E-state index in [0.717, 1.165) is 0 Å². The number of carbonyl (C=O) groups is 2. The molecule has 0 aromatic heterocycles. The predicted molar refractivity (Wildman–Crippen MR) is 78.9 cm³/mol. The van der Waals surface area contributed by atoms with Crippen LogP contribution in [0, 0.1) is 0 Å². The summed E-state index contributed by atoms with van der Waals surface area (Å²) in [5.41, 5.74) is 5.65. The molecule has 1 aliphatic heterocycles. The average Bonchev–Trinajstić information content (AvgIpc) is 2.54. The average molecular weight is 341 g/mol. The molecule has 0 radical (unpaired) electrons. The lowest BCUT2D eigenvalue weighted by Gasteiger charge is -2.40. The molecule has 1 fully saturated rings. The Kier molecular flexibility index (Phi) is 5.86. The summed E-state index contributed by atoms with van der Waals surface area (Å²) in [6, 6.07) is 4.67. The molecule has 1 aromatic rings. The van der Waals surface area contributed by atoms with E-state index in [1.165, 1.54) is 25.1 Å². The Balaban J connectivity index is 2.20. The molecule has 24 heavy (non-hydrogen) atoms. The Labute approximate surface area is 137 Å².